The van der Waals surface area contributed by atoms with Crippen LogP contribution in [0, 0.1) is 11.6 Å². The molecule has 0 spiro atoms. The Morgan fingerprint density at radius 3 is 2.66 bits per heavy atom. The zero-order valence-corrected chi connectivity index (χ0v) is 17.5. The third-order valence-electron chi connectivity index (χ3n) is 4.83. The van der Waals surface area contributed by atoms with Crippen LogP contribution in [-0.2, 0) is 17.8 Å². The second-order valence-corrected chi connectivity index (χ2v) is 8.28. The first-order valence-electron chi connectivity index (χ1n) is 9.69. The normalized spacial score (nSPS) is 11.9. The molecule has 7 nitrogen and oxygen atoms in total. The molecule has 1 atom stereocenters. The van der Waals surface area contributed by atoms with E-state index in [-0.39, 0.29) is 18.7 Å². The smallest absolute Gasteiger partial charge is 0.268 e. The number of anilines is 1. The molecule has 164 valence electrons. The summed E-state index contributed by atoms with van der Waals surface area (Å²) >= 11 is 1.23. The van der Waals surface area contributed by atoms with E-state index < -0.39 is 29.5 Å². The molecule has 0 aliphatic heterocycles. The number of hydrogen-bond donors (Lipinski definition) is 4. The number of nitrogen functional groups attached to an aromatic ring is 1. The largest absolute Gasteiger partial charge is 0.375 e. The second-order valence-electron chi connectivity index (χ2n) is 7.13. The third kappa shape index (κ3) is 4.92. The van der Waals surface area contributed by atoms with E-state index in [1.54, 1.807) is 12.3 Å². The number of nitrogens with one attached hydrogen (secondary N) is 3. The van der Waals surface area contributed by atoms with Gasteiger partial charge in [-0.05, 0) is 29.8 Å². The molecule has 2 aromatic carbocycles. The Morgan fingerprint density at radius 1 is 1.12 bits per heavy atom. The molecule has 2 heterocycles. The van der Waals surface area contributed by atoms with Gasteiger partial charge in [0.1, 0.15) is 11.7 Å². The second kappa shape index (κ2) is 9.15. The average molecular weight is 455 g/mol. The number of amides is 2. The molecule has 4 aromatic rings. The maximum atomic E-state index is 13.7. The summed E-state index contributed by atoms with van der Waals surface area (Å²) in [6.07, 6.45) is 1.52. The van der Waals surface area contributed by atoms with Crippen LogP contribution in [0.1, 0.15) is 20.9 Å². The predicted molar refractivity (Wildman–Crippen MR) is 118 cm³/mol. The molecular weight excluding hydrogens is 436 g/mol. The molecule has 0 saturated heterocycles. The van der Waals surface area contributed by atoms with Crippen LogP contribution < -0.4 is 16.4 Å². The van der Waals surface area contributed by atoms with Crippen molar-refractivity contribution in [2.45, 2.75) is 19.0 Å². The number of fused-ring (bicyclic) bond motifs is 1. The van der Waals surface area contributed by atoms with Crippen LogP contribution in [0.25, 0.3) is 10.9 Å². The number of nitrogens with two attached hydrogens (primary N) is 1. The number of carbonyl (C=O) groups excluding carboxylic acids is 2. The number of hydrogen-bond acceptors (Lipinski definition) is 5. The molecular formula is C22H19F2N5O2S. The highest BCUT2D eigenvalue weighted by Gasteiger charge is 2.23. The minimum Gasteiger partial charge on any atom is -0.375 e. The van der Waals surface area contributed by atoms with Crippen LogP contribution in [0.4, 0.5) is 13.9 Å². The van der Waals surface area contributed by atoms with Crippen LogP contribution in [0.3, 0.4) is 0 Å². The first-order valence-corrected chi connectivity index (χ1v) is 10.5. The van der Waals surface area contributed by atoms with E-state index in [1.165, 1.54) is 17.4 Å². The number of rotatable bonds is 7. The summed E-state index contributed by atoms with van der Waals surface area (Å²) in [5.41, 5.74) is 7.03. The van der Waals surface area contributed by atoms with Gasteiger partial charge in [0.05, 0.1) is 6.54 Å². The standard InChI is InChI=1S/C22H19F2N5O2S/c23-15-6-5-12(7-16(15)24)8-18(20(30)26-10-14-11-27-22(25)32-14)29-21(31)19-9-13-3-1-2-4-17(13)28-19/h1-7,9,11,18,28H,8,10H2,(H2,25,27)(H,26,30)(H,29,31)/t18-/m0/s1. The van der Waals surface area contributed by atoms with Crippen molar-refractivity contribution in [1.29, 1.82) is 0 Å². The molecule has 0 saturated carbocycles. The Morgan fingerprint density at radius 2 is 1.94 bits per heavy atom. The topological polar surface area (TPSA) is 113 Å². The lowest BCUT2D eigenvalue weighted by atomic mass is 10.0. The number of aromatic amines is 1. The first kappa shape index (κ1) is 21.4. The summed E-state index contributed by atoms with van der Waals surface area (Å²) in [5.74, 6) is -2.99. The van der Waals surface area contributed by atoms with Crippen molar-refractivity contribution in [2.24, 2.45) is 0 Å². The van der Waals surface area contributed by atoms with Crippen molar-refractivity contribution in [3.63, 3.8) is 0 Å². The predicted octanol–water partition coefficient (Wildman–Crippen LogP) is 3.14. The van der Waals surface area contributed by atoms with E-state index in [1.807, 2.05) is 24.3 Å². The van der Waals surface area contributed by atoms with Crippen molar-refractivity contribution in [1.82, 2.24) is 20.6 Å². The fourth-order valence-corrected chi connectivity index (χ4v) is 3.87. The van der Waals surface area contributed by atoms with Crippen LogP contribution in [0.15, 0.2) is 54.7 Å². The molecule has 0 aliphatic carbocycles. The molecule has 0 fully saturated rings. The van der Waals surface area contributed by atoms with Gasteiger partial charge >= 0.3 is 0 Å². The maximum absolute atomic E-state index is 13.7. The number of halogens is 2. The lowest BCUT2D eigenvalue weighted by Gasteiger charge is -2.18. The van der Waals surface area contributed by atoms with Gasteiger partial charge in [-0.3, -0.25) is 9.59 Å². The molecule has 4 rings (SSSR count). The maximum Gasteiger partial charge on any atom is 0.268 e. The Kier molecular flexibility index (Phi) is 6.13. The van der Waals surface area contributed by atoms with E-state index in [2.05, 4.69) is 20.6 Å². The van der Waals surface area contributed by atoms with Crippen LogP contribution in [0.5, 0.6) is 0 Å². The highest BCUT2D eigenvalue weighted by Crippen LogP contribution is 2.16. The van der Waals surface area contributed by atoms with Gasteiger partial charge in [-0.2, -0.15) is 0 Å². The van der Waals surface area contributed by atoms with Crippen LogP contribution in [-0.4, -0.2) is 27.8 Å². The fourth-order valence-electron chi connectivity index (χ4n) is 3.25. The Balaban J connectivity index is 1.52. The van der Waals surface area contributed by atoms with Crippen molar-refractivity contribution in [2.75, 3.05) is 5.73 Å². The monoisotopic (exact) mass is 455 g/mol. The van der Waals surface area contributed by atoms with Gasteiger partial charge in [-0.1, -0.05) is 24.3 Å². The molecule has 2 amide bonds. The Hall–Kier alpha value is -3.79. The fraction of sp³-hybridized carbons (Fsp3) is 0.136. The van der Waals surface area contributed by atoms with Crippen LogP contribution >= 0.6 is 11.3 Å². The van der Waals surface area contributed by atoms with E-state index in [4.69, 9.17) is 5.73 Å². The third-order valence-corrected chi connectivity index (χ3v) is 5.66. The quantitative estimate of drug-likeness (QED) is 0.343. The summed E-state index contributed by atoms with van der Waals surface area (Å²) in [7, 11) is 0. The number of thiazole rings is 1. The molecule has 5 N–H and O–H groups in total. The van der Waals surface area contributed by atoms with E-state index in [9.17, 15) is 18.4 Å². The molecule has 0 bridgehead atoms. The Bertz CT molecular complexity index is 1250. The van der Waals surface area contributed by atoms with Gasteiger partial charge in [0.25, 0.3) is 5.91 Å². The lowest BCUT2D eigenvalue weighted by Crippen LogP contribution is -2.47. The number of nitrogens with zero attached hydrogens (tertiary/aromatic N) is 1. The number of carbonyl (C=O) groups is 2. The summed E-state index contributed by atoms with van der Waals surface area (Å²) in [5, 5.41) is 6.63. The van der Waals surface area contributed by atoms with Crippen molar-refractivity contribution in [3.8, 4) is 0 Å². The minimum absolute atomic E-state index is 0.0279. The first-order chi connectivity index (χ1) is 15.4. The zero-order valence-electron chi connectivity index (χ0n) is 16.7. The van der Waals surface area contributed by atoms with E-state index in [0.717, 1.165) is 27.9 Å². The minimum atomic E-state index is -1.02. The number of benzene rings is 2. The summed E-state index contributed by atoms with van der Waals surface area (Å²) < 4.78 is 27.0. The van der Waals surface area contributed by atoms with Crippen molar-refractivity contribution >= 4 is 39.2 Å². The number of aromatic nitrogens is 2. The van der Waals surface area contributed by atoms with Gasteiger partial charge in [0.2, 0.25) is 5.91 Å². The van der Waals surface area contributed by atoms with Gasteiger partial charge in [-0.15, -0.1) is 11.3 Å². The highest BCUT2D eigenvalue weighted by molar-refractivity contribution is 7.15. The summed E-state index contributed by atoms with van der Waals surface area (Å²) in [6, 6.07) is 11.4. The molecule has 0 aliphatic rings. The average Bonchev–Trinajstić information content (AvgIpc) is 3.40. The molecule has 2 aromatic heterocycles. The van der Waals surface area contributed by atoms with Gasteiger partial charge < -0.3 is 21.4 Å². The molecule has 32 heavy (non-hydrogen) atoms. The molecule has 10 heteroatoms. The summed E-state index contributed by atoms with van der Waals surface area (Å²) in [4.78, 5) is 33.4. The number of H-pyrrole nitrogens is 1. The molecule has 0 unspecified atom stereocenters. The van der Waals surface area contributed by atoms with Crippen molar-refractivity contribution in [3.05, 3.63) is 82.5 Å². The lowest BCUT2D eigenvalue weighted by molar-refractivity contribution is -0.123. The van der Waals surface area contributed by atoms with Crippen LogP contribution in [0.2, 0.25) is 0 Å². The van der Waals surface area contributed by atoms with E-state index >= 15 is 0 Å². The SMILES string of the molecule is Nc1ncc(CNC(=O)[C@H](Cc2ccc(F)c(F)c2)NC(=O)c2cc3ccccc3[nH]2)s1. The molecule has 0 radical (unpaired) electrons. The van der Waals surface area contributed by atoms with Gasteiger partial charge in [0.15, 0.2) is 16.8 Å². The van der Waals surface area contributed by atoms with Gasteiger partial charge in [0, 0.05) is 28.4 Å². The summed E-state index contributed by atoms with van der Waals surface area (Å²) in [6.45, 7) is 0.171. The zero-order chi connectivity index (χ0) is 22.7. The van der Waals surface area contributed by atoms with Gasteiger partial charge in [-0.25, -0.2) is 13.8 Å². The van der Waals surface area contributed by atoms with E-state index in [0.29, 0.717) is 10.7 Å². The Labute approximate surface area is 185 Å². The van der Waals surface area contributed by atoms with Crippen molar-refractivity contribution < 1.29 is 18.4 Å². The number of para-hydroxylation sites is 1. The highest BCUT2D eigenvalue weighted by atomic mass is 32.1.